The second-order valence-corrected chi connectivity index (χ2v) is 26.6. The van der Waals surface area contributed by atoms with Gasteiger partial charge in [-0.05, 0) is 112 Å². The Morgan fingerprint density at radius 2 is 0.755 bits per heavy atom. The van der Waals surface area contributed by atoms with Gasteiger partial charge in [-0.25, -0.2) is 0 Å². The van der Waals surface area contributed by atoms with Gasteiger partial charge in [0.1, 0.15) is 0 Å². The molecule has 2 aromatic carbocycles. The molecule has 0 amide bonds. The minimum absolute atomic E-state index is 0. The first kappa shape index (κ1) is 51.2. The van der Waals surface area contributed by atoms with Crippen LogP contribution in [0.1, 0.15) is 185 Å². The van der Waals surface area contributed by atoms with Gasteiger partial charge in [0.05, 0.1) is 0 Å². The zero-order valence-electron chi connectivity index (χ0n) is 37.9. The molecule has 53 heavy (non-hydrogen) atoms. The SMILES string of the molecule is CC(C)(C)c1cc(C2CC3CCCCC3C2)cc(C(C)(C)C)c1.C[SiH](C)[N-][SiH](C)C.Cc1cc(C2CC3CCCCC3C2)cc(C(C)(C)C)c1.[CH3-].[CH3-].[Gd+3]. The number of hydrogen-bond acceptors (Lipinski definition) is 0. The summed E-state index contributed by atoms with van der Waals surface area (Å²) in [5, 5.41) is 0. The van der Waals surface area contributed by atoms with E-state index in [1.807, 2.05) is 0 Å². The second-order valence-electron chi connectivity index (χ2n) is 21.0. The molecule has 4 fully saturated rings. The van der Waals surface area contributed by atoms with Gasteiger partial charge in [0.15, 0.2) is 0 Å². The van der Waals surface area contributed by atoms with Crippen molar-refractivity contribution in [2.24, 2.45) is 23.7 Å². The molecule has 1 radical (unpaired) electrons. The van der Waals surface area contributed by atoms with Crippen LogP contribution >= 0.6 is 0 Å². The van der Waals surface area contributed by atoms with Gasteiger partial charge in [0.2, 0.25) is 0 Å². The van der Waals surface area contributed by atoms with Gasteiger partial charge in [0.25, 0.3) is 0 Å². The molecule has 4 aliphatic carbocycles. The van der Waals surface area contributed by atoms with Crippen LogP contribution in [0.3, 0.4) is 0 Å². The quantitative estimate of drug-likeness (QED) is 0.214. The van der Waals surface area contributed by atoms with Crippen molar-refractivity contribution in [2.45, 2.75) is 201 Å². The van der Waals surface area contributed by atoms with Crippen LogP contribution in [0.4, 0.5) is 0 Å². The van der Waals surface area contributed by atoms with E-state index in [1.165, 1.54) is 99.3 Å². The van der Waals surface area contributed by atoms with Crippen LogP contribution in [0.2, 0.25) is 26.2 Å². The molecule has 0 heterocycles. The first-order valence-electron chi connectivity index (χ1n) is 21.2. The maximum atomic E-state index is 4.56. The average molecular weight is 903 g/mol. The number of nitrogens with zero attached hydrogens (tertiary/aromatic N) is 1. The molecular formula is C49H86GdNSi2. The van der Waals surface area contributed by atoms with Crippen molar-refractivity contribution in [1.82, 2.24) is 0 Å². The Balaban J connectivity index is 0.000000432. The zero-order valence-corrected chi connectivity index (χ0v) is 42.4. The molecule has 6 rings (SSSR count). The summed E-state index contributed by atoms with van der Waals surface area (Å²) < 4.78 is 4.56. The first-order valence-corrected chi connectivity index (χ1v) is 26.8. The van der Waals surface area contributed by atoms with Gasteiger partial charge in [0, 0.05) is 0 Å². The van der Waals surface area contributed by atoms with Crippen LogP contribution in [-0.2, 0) is 16.2 Å². The molecule has 0 aromatic heterocycles. The molecule has 4 heteroatoms. The summed E-state index contributed by atoms with van der Waals surface area (Å²) >= 11 is 0. The van der Waals surface area contributed by atoms with Gasteiger partial charge in [-0.3, -0.25) is 0 Å². The number of hydrogen-bond donors (Lipinski definition) is 0. The molecule has 1 nitrogen and oxygen atoms in total. The topological polar surface area (TPSA) is 14.1 Å². The molecule has 0 spiro atoms. The molecule has 0 aliphatic heterocycles. The van der Waals surface area contributed by atoms with E-state index in [4.69, 9.17) is 0 Å². The summed E-state index contributed by atoms with van der Waals surface area (Å²) in [6.45, 7) is 32.5. The Morgan fingerprint density at radius 1 is 0.472 bits per heavy atom. The summed E-state index contributed by atoms with van der Waals surface area (Å²) in [7, 11) is -1.08. The van der Waals surface area contributed by atoms with Crippen LogP contribution in [0.5, 0.6) is 0 Å². The largest absolute Gasteiger partial charge is 3.00 e. The minimum atomic E-state index is -0.542. The number of aryl methyl sites for hydroxylation is 1. The molecule has 2 aromatic rings. The third-order valence-electron chi connectivity index (χ3n) is 12.7. The summed E-state index contributed by atoms with van der Waals surface area (Å²) in [5.41, 5.74) is 10.0. The third kappa shape index (κ3) is 15.5. The maximum absolute atomic E-state index is 4.56. The molecule has 0 bridgehead atoms. The van der Waals surface area contributed by atoms with Crippen molar-refractivity contribution in [1.29, 1.82) is 0 Å². The fourth-order valence-corrected chi connectivity index (χ4v) is 14.6. The Morgan fingerprint density at radius 3 is 1.02 bits per heavy atom. The second kappa shape index (κ2) is 21.8. The van der Waals surface area contributed by atoms with Crippen molar-refractivity contribution in [3.63, 3.8) is 0 Å². The Bertz CT molecular complexity index is 1290. The van der Waals surface area contributed by atoms with Gasteiger partial charge in [-0.2, -0.15) is 0 Å². The zero-order chi connectivity index (χ0) is 37.0. The van der Waals surface area contributed by atoms with E-state index < -0.39 is 17.9 Å². The summed E-state index contributed by atoms with van der Waals surface area (Å²) in [5.74, 6) is 5.76. The molecule has 4 unspecified atom stereocenters. The molecular weight excluding hydrogens is 816 g/mol. The Labute approximate surface area is 368 Å². The number of rotatable bonds is 4. The molecule has 303 valence electrons. The summed E-state index contributed by atoms with van der Waals surface area (Å²) in [4.78, 5) is 0. The smallest absolute Gasteiger partial charge is 0.672 e. The van der Waals surface area contributed by atoms with Crippen molar-refractivity contribution in [3.05, 3.63) is 89.3 Å². The maximum Gasteiger partial charge on any atom is 3.00 e. The van der Waals surface area contributed by atoms with Crippen LogP contribution in [0.25, 0.3) is 4.65 Å². The molecule has 4 aliphatic rings. The van der Waals surface area contributed by atoms with Crippen LogP contribution in [0, 0.1) is 85.4 Å². The van der Waals surface area contributed by atoms with E-state index >= 15 is 0 Å². The van der Waals surface area contributed by atoms with Crippen molar-refractivity contribution >= 4 is 17.9 Å². The van der Waals surface area contributed by atoms with Gasteiger partial charge < -0.3 is 19.5 Å². The van der Waals surface area contributed by atoms with Crippen molar-refractivity contribution in [3.8, 4) is 0 Å². The monoisotopic (exact) mass is 903 g/mol. The normalized spacial score (nSPS) is 25.4. The first-order chi connectivity index (χ1) is 23.2. The summed E-state index contributed by atoms with van der Waals surface area (Å²) in [6, 6.07) is 14.9. The van der Waals surface area contributed by atoms with E-state index in [0.29, 0.717) is 0 Å². The molecule has 0 saturated heterocycles. The van der Waals surface area contributed by atoms with Crippen LogP contribution < -0.4 is 0 Å². The van der Waals surface area contributed by atoms with Crippen molar-refractivity contribution < 1.29 is 39.9 Å². The molecule has 4 atom stereocenters. The standard InChI is InChI=1S/C23H36.C20H30.C4H14NSi2.2CH3.Gd/c1-22(2,3)20-13-19(14-21(15-20)23(4,5)6)18-11-16-9-7-8-10-17(16)12-18;1-14-9-17(13-19(10-14)20(2,3)4)18-11-15-7-5-6-8-16(15)12-18;1-6(2)5-7(3)4;;;/h13-18H,7-12H2,1-6H3;9-10,13,15-16,18H,5-8,11-12H2,1-4H3;6-7H,1-4H3;2*1H3;/q;;3*-1;+3. The summed E-state index contributed by atoms with van der Waals surface area (Å²) in [6.07, 6.45) is 17.7. The van der Waals surface area contributed by atoms with E-state index in [1.54, 1.807) is 11.1 Å². The van der Waals surface area contributed by atoms with Crippen LogP contribution in [-0.4, -0.2) is 17.9 Å². The predicted octanol–water partition coefficient (Wildman–Crippen LogP) is 15.2. The Kier molecular flexibility index (Phi) is 21.0. The minimum Gasteiger partial charge on any atom is -0.672 e. The van der Waals surface area contributed by atoms with Crippen molar-refractivity contribution in [2.75, 3.05) is 0 Å². The van der Waals surface area contributed by atoms with E-state index in [0.717, 1.165) is 35.5 Å². The van der Waals surface area contributed by atoms with E-state index in [2.05, 4.69) is 136 Å². The number of benzene rings is 2. The fraction of sp³-hybridized carbons (Fsp3) is 0.714. The molecule has 4 saturated carbocycles. The molecule has 0 N–H and O–H groups in total. The fourth-order valence-electron chi connectivity index (χ4n) is 9.84. The predicted molar refractivity (Wildman–Crippen MR) is 243 cm³/mol. The van der Waals surface area contributed by atoms with Gasteiger partial charge in [-0.1, -0.05) is 200 Å². The van der Waals surface area contributed by atoms with E-state index in [9.17, 15) is 0 Å². The van der Waals surface area contributed by atoms with Crippen LogP contribution in [0.15, 0.2) is 36.4 Å². The van der Waals surface area contributed by atoms with E-state index in [-0.39, 0.29) is 71.0 Å². The van der Waals surface area contributed by atoms with Gasteiger partial charge >= 0.3 is 39.9 Å². The Hall–Kier alpha value is 0.158. The van der Waals surface area contributed by atoms with Gasteiger partial charge in [-0.15, -0.1) is 0 Å². The number of fused-ring (bicyclic) bond motifs is 2. The third-order valence-corrected chi connectivity index (χ3v) is 17.4. The average Bonchev–Trinajstić information content (AvgIpc) is 3.64.